The molecule has 17 heavy (non-hydrogen) atoms. The Morgan fingerprint density at radius 2 is 1.94 bits per heavy atom. The lowest BCUT2D eigenvalue weighted by Crippen LogP contribution is -2.24. The standard InChI is InChI=1S/C13H17FO3/c1-7-4-5-10(6-11(7)14)12(15)8(2)9(3)13(16)17/h4-6,8-9,12,15H,1-3H3,(H,16,17). The first-order chi connectivity index (χ1) is 7.84. The molecule has 0 radical (unpaired) electrons. The van der Waals surface area contributed by atoms with E-state index in [1.165, 1.54) is 13.0 Å². The topological polar surface area (TPSA) is 57.5 Å². The van der Waals surface area contributed by atoms with E-state index in [-0.39, 0.29) is 0 Å². The smallest absolute Gasteiger partial charge is 0.306 e. The van der Waals surface area contributed by atoms with Gasteiger partial charge in [0.25, 0.3) is 0 Å². The molecule has 1 rings (SSSR count). The monoisotopic (exact) mass is 240 g/mol. The molecule has 0 fully saturated rings. The average molecular weight is 240 g/mol. The van der Waals surface area contributed by atoms with Gasteiger partial charge in [0.1, 0.15) is 5.82 Å². The van der Waals surface area contributed by atoms with Gasteiger partial charge in [-0.1, -0.05) is 26.0 Å². The molecular weight excluding hydrogens is 223 g/mol. The number of benzene rings is 1. The van der Waals surface area contributed by atoms with Crippen molar-refractivity contribution in [3.8, 4) is 0 Å². The van der Waals surface area contributed by atoms with Crippen LogP contribution in [0, 0.1) is 24.6 Å². The lowest BCUT2D eigenvalue weighted by Gasteiger charge is -2.22. The zero-order chi connectivity index (χ0) is 13.2. The first kappa shape index (κ1) is 13.6. The fourth-order valence-corrected chi connectivity index (χ4v) is 1.59. The molecule has 3 atom stereocenters. The molecule has 0 amide bonds. The molecule has 0 bridgehead atoms. The molecule has 0 aromatic heterocycles. The SMILES string of the molecule is Cc1ccc(C(O)C(C)C(C)C(=O)O)cc1F. The van der Waals surface area contributed by atoms with Crippen molar-refractivity contribution in [2.24, 2.45) is 11.8 Å². The molecule has 0 heterocycles. The van der Waals surface area contributed by atoms with Gasteiger partial charge in [-0.05, 0) is 30.0 Å². The number of aliphatic hydroxyl groups is 1. The third kappa shape index (κ3) is 3.03. The van der Waals surface area contributed by atoms with Crippen LogP contribution < -0.4 is 0 Å². The molecule has 0 aliphatic carbocycles. The highest BCUT2D eigenvalue weighted by molar-refractivity contribution is 5.69. The number of carbonyl (C=O) groups is 1. The fourth-order valence-electron chi connectivity index (χ4n) is 1.59. The van der Waals surface area contributed by atoms with Gasteiger partial charge in [-0.25, -0.2) is 4.39 Å². The summed E-state index contributed by atoms with van der Waals surface area (Å²) in [6.07, 6.45) is -0.976. The summed E-state index contributed by atoms with van der Waals surface area (Å²) in [5, 5.41) is 18.9. The number of carboxylic acids is 1. The first-order valence-electron chi connectivity index (χ1n) is 5.51. The van der Waals surface area contributed by atoms with E-state index < -0.39 is 29.7 Å². The predicted octanol–water partition coefficient (Wildman–Crippen LogP) is 2.52. The van der Waals surface area contributed by atoms with Gasteiger partial charge in [0.15, 0.2) is 0 Å². The van der Waals surface area contributed by atoms with Crippen molar-refractivity contribution in [3.05, 3.63) is 35.1 Å². The van der Waals surface area contributed by atoms with Crippen molar-refractivity contribution in [1.29, 1.82) is 0 Å². The fraction of sp³-hybridized carbons (Fsp3) is 0.462. The van der Waals surface area contributed by atoms with E-state index in [2.05, 4.69) is 0 Å². The summed E-state index contributed by atoms with van der Waals surface area (Å²) in [6.45, 7) is 4.80. The zero-order valence-electron chi connectivity index (χ0n) is 10.1. The Bertz CT molecular complexity index is 417. The van der Waals surface area contributed by atoms with Gasteiger partial charge in [-0.15, -0.1) is 0 Å². The number of aliphatic carboxylic acids is 1. The van der Waals surface area contributed by atoms with Crippen molar-refractivity contribution in [2.75, 3.05) is 0 Å². The van der Waals surface area contributed by atoms with Crippen molar-refractivity contribution < 1.29 is 19.4 Å². The number of halogens is 1. The van der Waals surface area contributed by atoms with E-state index in [4.69, 9.17) is 5.11 Å². The molecule has 0 aliphatic heterocycles. The minimum absolute atomic E-state index is 0.392. The molecule has 3 nitrogen and oxygen atoms in total. The van der Waals surface area contributed by atoms with Gasteiger partial charge in [-0.2, -0.15) is 0 Å². The Kier molecular flexibility index (Phi) is 4.23. The number of hydrogen-bond donors (Lipinski definition) is 2. The molecule has 4 heteroatoms. The van der Waals surface area contributed by atoms with Gasteiger partial charge in [0, 0.05) is 0 Å². The van der Waals surface area contributed by atoms with Crippen molar-refractivity contribution >= 4 is 5.97 Å². The van der Waals surface area contributed by atoms with Gasteiger partial charge >= 0.3 is 5.97 Å². The molecule has 1 aromatic rings. The summed E-state index contributed by atoms with van der Waals surface area (Å²) < 4.78 is 13.3. The Balaban J connectivity index is 2.92. The number of aliphatic hydroxyl groups excluding tert-OH is 1. The minimum atomic E-state index is -0.976. The highest BCUT2D eigenvalue weighted by atomic mass is 19.1. The summed E-state index contributed by atoms with van der Waals surface area (Å²) in [6, 6.07) is 4.45. The van der Waals surface area contributed by atoms with Crippen molar-refractivity contribution in [3.63, 3.8) is 0 Å². The van der Waals surface area contributed by atoms with Crippen molar-refractivity contribution in [1.82, 2.24) is 0 Å². The molecule has 1 aromatic carbocycles. The summed E-state index contributed by atoms with van der Waals surface area (Å²) >= 11 is 0. The average Bonchev–Trinajstić information content (AvgIpc) is 2.29. The largest absolute Gasteiger partial charge is 0.481 e. The Hall–Kier alpha value is -1.42. The summed E-state index contributed by atoms with van der Waals surface area (Å²) in [5.41, 5.74) is 0.911. The maximum absolute atomic E-state index is 13.3. The molecule has 0 saturated heterocycles. The summed E-state index contributed by atoms with van der Waals surface area (Å²) in [4.78, 5) is 10.8. The lowest BCUT2D eigenvalue weighted by molar-refractivity contribution is -0.144. The van der Waals surface area contributed by atoms with Gasteiger partial charge in [0.05, 0.1) is 12.0 Å². The van der Waals surface area contributed by atoms with E-state index in [1.54, 1.807) is 26.0 Å². The van der Waals surface area contributed by atoms with Crippen LogP contribution in [0.15, 0.2) is 18.2 Å². The van der Waals surface area contributed by atoms with Gasteiger partial charge < -0.3 is 10.2 Å². The van der Waals surface area contributed by atoms with Crippen LogP contribution >= 0.6 is 0 Å². The first-order valence-corrected chi connectivity index (χ1v) is 5.51. The minimum Gasteiger partial charge on any atom is -0.481 e. The van der Waals surface area contributed by atoms with E-state index in [1.807, 2.05) is 0 Å². The van der Waals surface area contributed by atoms with Crippen LogP contribution in [0.3, 0.4) is 0 Å². The van der Waals surface area contributed by atoms with Gasteiger partial charge in [0.2, 0.25) is 0 Å². The quantitative estimate of drug-likeness (QED) is 0.850. The molecule has 2 N–H and O–H groups in total. The van der Waals surface area contributed by atoms with Crippen molar-refractivity contribution in [2.45, 2.75) is 26.9 Å². The van der Waals surface area contributed by atoms with Crippen LogP contribution in [0.25, 0.3) is 0 Å². The van der Waals surface area contributed by atoms with Crippen LogP contribution in [-0.4, -0.2) is 16.2 Å². The molecule has 94 valence electrons. The Morgan fingerprint density at radius 1 is 1.35 bits per heavy atom. The van der Waals surface area contributed by atoms with E-state index in [9.17, 15) is 14.3 Å². The second kappa shape index (κ2) is 5.27. The summed E-state index contributed by atoms with van der Waals surface area (Å²) in [5.74, 6) is -2.52. The molecule has 0 aliphatic rings. The van der Waals surface area contributed by atoms with Gasteiger partial charge in [-0.3, -0.25) is 4.79 Å². The predicted molar refractivity (Wildman–Crippen MR) is 62.1 cm³/mol. The number of hydrogen-bond acceptors (Lipinski definition) is 2. The Morgan fingerprint density at radius 3 is 2.41 bits per heavy atom. The molecular formula is C13H17FO3. The maximum atomic E-state index is 13.3. The second-order valence-corrected chi connectivity index (χ2v) is 4.44. The lowest BCUT2D eigenvalue weighted by atomic mass is 9.87. The highest BCUT2D eigenvalue weighted by Crippen LogP contribution is 2.28. The highest BCUT2D eigenvalue weighted by Gasteiger charge is 2.27. The van der Waals surface area contributed by atoms with E-state index >= 15 is 0 Å². The summed E-state index contributed by atoms with van der Waals surface area (Å²) in [7, 11) is 0. The number of carboxylic acid groups (broad SMARTS) is 1. The zero-order valence-corrected chi connectivity index (χ0v) is 10.1. The van der Waals surface area contributed by atoms with E-state index in [0.717, 1.165) is 0 Å². The van der Waals surface area contributed by atoms with E-state index in [0.29, 0.717) is 11.1 Å². The third-order valence-corrected chi connectivity index (χ3v) is 3.21. The second-order valence-electron chi connectivity index (χ2n) is 4.44. The Labute approximate surface area is 99.9 Å². The molecule has 3 unspecified atom stereocenters. The van der Waals surface area contributed by atoms with Crippen LogP contribution in [0.1, 0.15) is 31.1 Å². The number of aryl methyl sites for hydroxylation is 1. The van der Waals surface area contributed by atoms with Crippen LogP contribution in [-0.2, 0) is 4.79 Å². The molecule has 0 spiro atoms. The van der Waals surface area contributed by atoms with Crippen LogP contribution in [0.5, 0.6) is 0 Å². The van der Waals surface area contributed by atoms with Crippen LogP contribution in [0.4, 0.5) is 4.39 Å². The number of rotatable bonds is 4. The maximum Gasteiger partial charge on any atom is 0.306 e. The third-order valence-electron chi connectivity index (χ3n) is 3.21. The normalized spacial score (nSPS) is 16.3. The van der Waals surface area contributed by atoms with Crippen LogP contribution in [0.2, 0.25) is 0 Å². The molecule has 0 saturated carbocycles.